The Labute approximate surface area is 285 Å². The molecule has 4 saturated carbocycles. The molecule has 0 unspecified atom stereocenters. The number of nitriles is 1. The van der Waals surface area contributed by atoms with E-state index in [4.69, 9.17) is 15.0 Å². The molecule has 4 aliphatic rings. The van der Waals surface area contributed by atoms with Crippen molar-refractivity contribution >= 4 is 21.8 Å². The number of nitrogens with zero attached hydrogens (tertiary/aromatic N) is 5. The molecule has 2 heterocycles. The predicted octanol–water partition coefficient (Wildman–Crippen LogP) is 10.3. The normalized spacial score (nSPS) is 22.5. The number of benzene rings is 5. The summed E-state index contributed by atoms with van der Waals surface area (Å²) in [6.45, 7) is 0. The first kappa shape index (κ1) is 28.4. The van der Waals surface area contributed by atoms with Crippen LogP contribution >= 0.6 is 0 Å². The first-order valence-corrected chi connectivity index (χ1v) is 17.6. The number of hydrogen-bond donors (Lipinski definition) is 0. The Hall–Kier alpha value is -5.60. The second-order valence-corrected chi connectivity index (χ2v) is 14.7. The maximum absolute atomic E-state index is 9.55. The van der Waals surface area contributed by atoms with Gasteiger partial charge in [-0.25, -0.2) is 15.0 Å². The van der Waals surface area contributed by atoms with Crippen LogP contribution in [0.2, 0.25) is 0 Å². The SMILES string of the molecule is N#Cc1ccc2c(c1)c1ccccc1n2-c1ccc(-c2nc(-c3ccccc3)nc(-c3ccc(C45CC6CC(CC(C6)C4)C5)cc3)n2)cc1. The summed E-state index contributed by atoms with van der Waals surface area (Å²) in [6.07, 6.45) is 8.44. The highest BCUT2D eigenvalue weighted by molar-refractivity contribution is 6.09. The van der Waals surface area contributed by atoms with Gasteiger partial charge < -0.3 is 4.57 Å². The van der Waals surface area contributed by atoms with Gasteiger partial charge in [-0.2, -0.15) is 5.26 Å². The van der Waals surface area contributed by atoms with Gasteiger partial charge in [0, 0.05) is 33.2 Å². The van der Waals surface area contributed by atoms with Crippen molar-refractivity contribution in [1.29, 1.82) is 5.26 Å². The molecule has 11 rings (SSSR count). The van der Waals surface area contributed by atoms with E-state index in [0.717, 1.165) is 61.9 Å². The van der Waals surface area contributed by atoms with Crippen LogP contribution in [0.3, 0.4) is 0 Å². The summed E-state index contributed by atoms with van der Waals surface area (Å²) >= 11 is 0. The van der Waals surface area contributed by atoms with Crippen LogP contribution in [0, 0.1) is 29.1 Å². The van der Waals surface area contributed by atoms with Crippen LogP contribution in [-0.4, -0.2) is 19.5 Å². The van der Waals surface area contributed by atoms with Crippen LogP contribution < -0.4 is 0 Å². The zero-order valence-electron chi connectivity index (χ0n) is 27.3. The van der Waals surface area contributed by atoms with Crippen molar-refractivity contribution in [1.82, 2.24) is 19.5 Å². The van der Waals surface area contributed by atoms with E-state index in [1.54, 1.807) is 0 Å². The molecule has 5 nitrogen and oxygen atoms in total. The number of para-hydroxylation sites is 1. The van der Waals surface area contributed by atoms with Crippen LogP contribution in [0.15, 0.2) is 121 Å². The second kappa shape index (κ2) is 11.0. The molecule has 0 atom stereocenters. The minimum Gasteiger partial charge on any atom is -0.309 e. The lowest BCUT2D eigenvalue weighted by Gasteiger charge is -2.57. The van der Waals surface area contributed by atoms with E-state index in [-0.39, 0.29) is 0 Å². The first-order valence-electron chi connectivity index (χ1n) is 17.6. The summed E-state index contributed by atoms with van der Waals surface area (Å²) < 4.78 is 2.26. The van der Waals surface area contributed by atoms with Gasteiger partial charge in [0.15, 0.2) is 17.5 Å². The smallest absolute Gasteiger partial charge is 0.164 e. The van der Waals surface area contributed by atoms with Gasteiger partial charge in [-0.3, -0.25) is 0 Å². The number of hydrogen-bond acceptors (Lipinski definition) is 4. The Bertz CT molecular complexity index is 2380. The first-order chi connectivity index (χ1) is 24.1. The molecule has 5 heteroatoms. The van der Waals surface area contributed by atoms with Crippen molar-refractivity contribution in [3.05, 3.63) is 132 Å². The van der Waals surface area contributed by atoms with Gasteiger partial charge in [0.1, 0.15) is 0 Å². The molecular weight excluding hydrogens is 599 g/mol. The van der Waals surface area contributed by atoms with Crippen molar-refractivity contribution in [2.75, 3.05) is 0 Å². The molecular formula is C44H35N5. The zero-order valence-corrected chi connectivity index (χ0v) is 27.3. The predicted molar refractivity (Wildman–Crippen MR) is 195 cm³/mol. The van der Waals surface area contributed by atoms with E-state index in [9.17, 15) is 5.26 Å². The number of rotatable bonds is 5. The van der Waals surface area contributed by atoms with Gasteiger partial charge in [0.25, 0.3) is 0 Å². The number of aromatic nitrogens is 4. The highest BCUT2D eigenvalue weighted by Gasteiger charge is 2.51. The molecule has 236 valence electrons. The van der Waals surface area contributed by atoms with Crippen molar-refractivity contribution < 1.29 is 0 Å². The quantitative estimate of drug-likeness (QED) is 0.189. The monoisotopic (exact) mass is 633 g/mol. The fraction of sp³-hybridized carbons (Fsp3) is 0.227. The van der Waals surface area contributed by atoms with Crippen LogP contribution in [-0.2, 0) is 5.41 Å². The van der Waals surface area contributed by atoms with E-state index < -0.39 is 0 Å². The lowest BCUT2D eigenvalue weighted by Crippen LogP contribution is -2.48. The molecule has 0 amide bonds. The van der Waals surface area contributed by atoms with Gasteiger partial charge in [-0.1, -0.05) is 72.8 Å². The second-order valence-electron chi connectivity index (χ2n) is 14.7. The third-order valence-electron chi connectivity index (χ3n) is 11.6. The Morgan fingerprint density at radius 3 is 1.69 bits per heavy atom. The van der Waals surface area contributed by atoms with Crippen molar-refractivity contribution in [2.45, 2.75) is 43.9 Å². The molecule has 0 aliphatic heterocycles. The van der Waals surface area contributed by atoms with Crippen molar-refractivity contribution in [3.8, 4) is 45.9 Å². The van der Waals surface area contributed by atoms with Gasteiger partial charge in [0.05, 0.1) is 22.7 Å². The largest absolute Gasteiger partial charge is 0.309 e. The summed E-state index contributed by atoms with van der Waals surface area (Å²) in [5.74, 6) is 4.78. The average Bonchev–Trinajstić information content (AvgIpc) is 3.48. The zero-order chi connectivity index (χ0) is 32.5. The Balaban J connectivity index is 1.04. The third-order valence-corrected chi connectivity index (χ3v) is 11.6. The van der Waals surface area contributed by atoms with Gasteiger partial charge in [0.2, 0.25) is 0 Å². The Morgan fingerprint density at radius 1 is 0.551 bits per heavy atom. The van der Waals surface area contributed by atoms with Crippen molar-refractivity contribution in [3.63, 3.8) is 0 Å². The van der Waals surface area contributed by atoms with Gasteiger partial charge in [-0.05, 0) is 116 Å². The van der Waals surface area contributed by atoms with Gasteiger partial charge in [-0.15, -0.1) is 0 Å². The van der Waals surface area contributed by atoms with Crippen LogP contribution in [0.5, 0.6) is 0 Å². The topological polar surface area (TPSA) is 67.4 Å². The Kier molecular flexibility index (Phi) is 6.36. The lowest BCUT2D eigenvalue weighted by molar-refractivity contribution is -0.00518. The van der Waals surface area contributed by atoms with E-state index in [2.05, 4.69) is 89.5 Å². The third kappa shape index (κ3) is 4.70. The molecule has 2 aromatic heterocycles. The maximum Gasteiger partial charge on any atom is 0.164 e. The molecule has 4 aliphatic carbocycles. The standard InChI is InChI=1S/C44H35N5/c45-27-28-10-19-40-38(23-28)37-8-4-5-9-39(37)49(40)36-17-13-34(14-18-36)43-47-41(32-6-2-1-3-7-32)46-42(48-43)33-11-15-35(16-12-33)44-24-29-20-30(25-44)22-31(21-29)26-44/h1-19,23,29-31H,20-22,24-26H2. The van der Waals surface area contributed by atoms with E-state index in [1.807, 2.05) is 42.5 Å². The number of fused-ring (bicyclic) bond motifs is 3. The molecule has 0 spiro atoms. The van der Waals surface area contributed by atoms with Crippen LogP contribution in [0.1, 0.15) is 49.7 Å². The molecule has 4 bridgehead atoms. The summed E-state index contributed by atoms with van der Waals surface area (Å²) in [4.78, 5) is 15.1. The molecule has 0 radical (unpaired) electrons. The fourth-order valence-corrected chi connectivity index (χ4v) is 9.87. The summed E-state index contributed by atoms with van der Waals surface area (Å²) in [6, 6.07) is 44.4. The lowest BCUT2D eigenvalue weighted by atomic mass is 9.48. The molecule has 5 aromatic carbocycles. The highest BCUT2D eigenvalue weighted by atomic mass is 15.0. The minimum atomic E-state index is 0.364. The maximum atomic E-state index is 9.55. The highest BCUT2D eigenvalue weighted by Crippen LogP contribution is 2.60. The molecule has 49 heavy (non-hydrogen) atoms. The minimum absolute atomic E-state index is 0.364. The molecule has 4 fully saturated rings. The van der Waals surface area contributed by atoms with E-state index in [1.165, 1.54) is 44.1 Å². The van der Waals surface area contributed by atoms with E-state index >= 15 is 0 Å². The average molecular weight is 634 g/mol. The summed E-state index contributed by atoms with van der Waals surface area (Å²) in [5, 5.41) is 11.7. The Morgan fingerprint density at radius 2 is 1.08 bits per heavy atom. The van der Waals surface area contributed by atoms with Gasteiger partial charge >= 0.3 is 0 Å². The fourth-order valence-electron chi connectivity index (χ4n) is 9.87. The van der Waals surface area contributed by atoms with Crippen LogP contribution in [0.25, 0.3) is 61.7 Å². The molecule has 0 N–H and O–H groups in total. The van der Waals surface area contributed by atoms with E-state index in [0.29, 0.717) is 28.5 Å². The summed E-state index contributed by atoms with van der Waals surface area (Å²) in [7, 11) is 0. The molecule has 7 aromatic rings. The van der Waals surface area contributed by atoms with Crippen molar-refractivity contribution in [2.24, 2.45) is 17.8 Å². The molecule has 0 saturated heterocycles. The summed E-state index contributed by atoms with van der Waals surface area (Å²) in [5.41, 5.74) is 8.67. The van der Waals surface area contributed by atoms with Crippen LogP contribution in [0.4, 0.5) is 0 Å².